The molecule has 2 N–H and O–H groups in total. The molecule has 0 saturated carbocycles. The molecule has 122 valence electrons. The number of hydrogen-bond donors (Lipinski definition) is 2. The zero-order chi connectivity index (χ0) is 16.8. The molecule has 0 aliphatic carbocycles. The molecule has 0 aliphatic heterocycles. The number of nitrogens with zero attached hydrogens (tertiary/aromatic N) is 1. The summed E-state index contributed by atoms with van der Waals surface area (Å²) < 4.78 is 38.2. The van der Waals surface area contributed by atoms with E-state index < -0.39 is 34.3 Å². The summed E-state index contributed by atoms with van der Waals surface area (Å²) >= 11 is 0. The summed E-state index contributed by atoms with van der Waals surface area (Å²) in [4.78, 5) is 21.5. The van der Waals surface area contributed by atoms with Gasteiger partial charge in [-0.1, -0.05) is 0 Å². The zero-order valence-electron chi connectivity index (χ0n) is 12.0. The molecule has 7 nitrogen and oxygen atoms in total. The van der Waals surface area contributed by atoms with E-state index in [0.29, 0.717) is 0 Å². The van der Waals surface area contributed by atoms with Crippen molar-refractivity contribution in [2.24, 2.45) is 0 Å². The highest BCUT2D eigenvalue weighted by molar-refractivity contribution is 7.89. The first-order valence-corrected chi connectivity index (χ1v) is 7.88. The van der Waals surface area contributed by atoms with Crippen molar-refractivity contribution in [2.75, 3.05) is 20.1 Å². The number of amides is 1. The van der Waals surface area contributed by atoms with E-state index in [1.807, 2.05) is 0 Å². The summed E-state index contributed by atoms with van der Waals surface area (Å²) in [6.45, 7) is -0.386. The predicted octanol–water partition coefficient (Wildman–Crippen LogP) is 0.427. The minimum atomic E-state index is -3.74. The summed E-state index contributed by atoms with van der Waals surface area (Å²) in [5.74, 6) is -2.14. The van der Waals surface area contributed by atoms with Crippen LogP contribution in [0.5, 0.6) is 0 Å². The van der Waals surface area contributed by atoms with Crippen LogP contribution in [0, 0.1) is 5.82 Å². The number of carbonyl (C=O) groups excluding carboxylic acids is 1. The van der Waals surface area contributed by atoms with Gasteiger partial charge in [0.15, 0.2) is 0 Å². The van der Waals surface area contributed by atoms with Crippen LogP contribution < -0.4 is 5.32 Å². The number of sulfonamides is 1. The molecular formula is C13H17FN2O5S. The standard InChI is InChI=1S/C13H17FN2O5S/c1-16(8-2-3-12(17)15-9-13(18)19)22(20,21)11-6-4-10(14)5-7-11/h4-7H,2-3,8-9H2,1H3,(H,15,17)(H,18,19). The highest BCUT2D eigenvalue weighted by Gasteiger charge is 2.20. The first-order chi connectivity index (χ1) is 10.2. The molecule has 0 saturated heterocycles. The third-order valence-electron chi connectivity index (χ3n) is 2.84. The van der Waals surface area contributed by atoms with E-state index in [1.54, 1.807) is 0 Å². The Kier molecular flexibility index (Phi) is 6.44. The fraction of sp³-hybridized carbons (Fsp3) is 0.385. The van der Waals surface area contributed by atoms with Crippen LogP contribution in [0.1, 0.15) is 12.8 Å². The van der Waals surface area contributed by atoms with Gasteiger partial charge in [-0.05, 0) is 30.7 Å². The van der Waals surface area contributed by atoms with Gasteiger partial charge in [0.05, 0.1) is 4.90 Å². The molecular weight excluding hydrogens is 315 g/mol. The Morgan fingerprint density at radius 1 is 1.27 bits per heavy atom. The Morgan fingerprint density at radius 3 is 2.41 bits per heavy atom. The quantitative estimate of drug-likeness (QED) is 0.718. The van der Waals surface area contributed by atoms with Crippen molar-refractivity contribution < 1.29 is 27.5 Å². The van der Waals surface area contributed by atoms with Gasteiger partial charge in [0, 0.05) is 20.0 Å². The van der Waals surface area contributed by atoms with Gasteiger partial charge in [0.1, 0.15) is 12.4 Å². The lowest BCUT2D eigenvalue weighted by Gasteiger charge is -2.17. The van der Waals surface area contributed by atoms with Gasteiger partial charge in [-0.2, -0.15) is 0 Å². The molecule has 1 amide bonds. The molecule has 1 aromatic carbocycles. The van der Waals surface area contributed by atoms with Crippen molar-refractivity contribution in [2.45, 2.75) is 17.7 Å². The van der Waals surface area contributed by atoms with Crippen molar-refractivity contribution in [1.29, 1.82) is 0 Å². The minimum absolute atomic E-state index is 0.0105. The lowest BCUT2D eigenvalue weighted by atomic mass is 10.3. The Bertz CT molecular complexity index is 630. The number of aliphatic carboxylic acids is 1. The van der Waals surface area contributed by atoms with Crippen molar-refractivity contribution >= 4 is 21.9 Å². The van der Waals surface area contributed by atoms with Crippen LogP contribution in [-0.2, 0) is 19.6 Å². The topological polar surface area (TPSA) is 104 Å². The smallest absolute Gasteiger partial charge is 0.322 e. The molecule has 0 bridgehead atoms. The number of nitrogens with one attached hydrogen (secondary N) is 1. The van der Waals surface area contributed by atoms with Crippen LogP contribution in [0.4, 0.5) is 4.39 Å². The maximum absolute atomic E-state index is 12.8. The van der Waals surface area contributed by atoms with Crippen LogP contribution in [0.3, 0.4) is 0 Å². The first-order valence-electron chi connectivity index (χ1n) is 6.44. The van der Waals surface area contributed by atoms with E-state index in [1.165, 1.54) is 19.2 Å². The lowest BCUT2D eigenvalue weighted by molar-refractivity contribution is -0.137. The van der Waals surface area contributed by atoms with Gasteiger partial charge in [-0.15, -0.1) is 0 Å². The number of carboxylic acids is 1. The molecule has 0 heterocycles. The van der Waals surface area contributed by atoms with Crippen molar-refractivity contribution in [3.8, 4) is 0 Å². The second-order valence-corrected chi connectivity index (χ2v) is 6.60. The fourth-order valence-electron chi connectivity index (χ4n) is 1.63. The van der Waals surface area contributed by atoms with E-state index in [4.69, 9.17) is 5.11 Å². The van der Waals surface area contributed by atoms with Gasteiger partial charge in [-0.25, -0.2) is 17.1 Å². The number of carbonyl (C=O) groups is 2. The number of rotatable bonds is 8. The summed E-state index contributed by atoms with van der Waals surface area (Å²) in [5.41, 5.74) is 0. The van der Waals surface area contributed by atoms with Crippen molar-refractivity contribution in [1.82, 2.24) is 9.62 Å². The van der Waals surface area contributed by atoms with Crippen LogP contribution in [-0.4, -0.2) is 49.8 Å². The molecule has 1 rings (SSSR count). The number of halogens is 1. The molecule has 0 atom stereocenters. The minimum Gasteiger partial charge on any atom is -0.480 e. The Labute approximate surface area is 127 Å². The van der Waals surface area contributed by atoms with Crippen LogP contribution in [0.25, 0.3) is 0 Å². The molecule has 1 aromatic rings. The highest BCUT2D eigenvalue weighted by atomic mass is 32.2. The van der Waals surface area contributed by atoms with Gasteiger partial charge < -0.3 is 10.4 Å². The SMILES string of the molecule is CN(CCCC(=O)NCC(=O)O)S(=O)(=O)c1ccc(F)cc1. The Balaban J connectivity index is 2.50. The van der Waals surface area contributed by atoms with Gasteiger partial charge in [0.25, 0.3) is 0 Å². The average Bonchev–Trinajstić information content (AvgIpc) is 2.45. The van der Waals surface area contributed by atoms with Crippen LogP contribution in [0.2, 0.25) is 0 Å². The van der Waals surface area contributed by atoms with Crippen molar-refractivity contribution in [3.63, 3.8) is 0 Å². The summed E-state index contributed by atoms with van der Waals surface area (Å²) in [5, 5.41) is 10.6. The molecule has 22 heavy (non-hydrogen) atoms. The first kappa shape index (κ1) is 18.1. The Morgan fingerprint density at radius 2 is 1.86 bits per heavy atom. The molecule has 0 radical (unpaired) electrons. The van der Waals surface area contributed by atoms with Gasteiger partial charge in [0.2, 0.25) is 15.9 Å². The summed E-state index contributed by atoms with van der Waals surface area (Å²) in [6, 6.07) is 4.45. The maximum atomic E-state index is 12.8. The lowest BCUT2D eigenvalue weighted by Crippen LogP contribution is -2.31. The maximum Gasteiger partial charge on any atom is 0.322 e. The van der Waals surface area contributed by atoms with Gasteiger partial charge in [-0.3, -0.25) is 9.59 Å². The zero-order valence-corrected chi connectivity index (χ0v) is 12.8. The molecule has 0 aliphatic rings. The largest absolute Gasteiger partial charge is 0.480 e. The normalized spacial score (nSPS) is 11.4. The number of benzene rings is 1. The average molecular weight is 332 g/mol. The van der Waals surface area contributed by atoms with E-state index in [-0.39, 0.29) is 24.3 Å². The highest BCUT2D eigenvalue weighted by Crippen LogP contribution is 2.15. The van der Waals surface area contributed by atoms with E-state index >= 15 is 0 Å². The number of carboxylic acid groups (broad SMARTS) is 1. The fourth-order valence-corrected chi connectivity index (χ4v) is 2.84. The molecule has 0 aromatic heterocycles. The third-order valence-corrected chi connectivity index (χ3v) is 4.71. The molecule has 0 spiro atoms. The molecule has 9 heteroatoms. The Hall–Kier alpha value is -2.00. The predicted molar refractivity (Wildman–Crippen MR) is 76.1 cm³/mol. The summed E-state index contributed by atoms with van der Waals surface area (Å²) in [6.07, 6.45) is 0.249. The summed E-state index contributed by atoms with van der Waals surface area (Å²) in [7, 11) is -2.38. The molecule has 0 fully saturated rings. The van der Waals surface area contributed by atoms with E-state index in [9.17, 15) is 22.4 Å². The second kappa shape index (κ2) is 7.85. The van der Waals surface area contributed by atoms with Crippen molar-refractivity contribution in [3.05, 3.63) is 30.1 Å². The second-order valence-electron chi connectivity index (χ2n) is 4.55. The van der Waals surface area contributed by atoms with Crippen LogP contribution >= 0.6 is 0 Å². The van der Waals surface area contributed by atoms with Gasteiger partial charge >= 0.3 is 5.97 Å². The van der Waals surface area contributed by atoms with E-state index in [0.717, 1.165) is 16.4 Å². The monoisotopic (exact) mass is 332 g/mol. The number of hydrogen-bond acceptors (Lipinski definition) is 4. The van der Waals surface area contributed by atoms with Crippen LogP contribution in [0.15, 0.2) is 29.2 Å². The third kappa shape index (κ3) is 5.41. The van der Waals surface area contributed by atoms with E-state index in [2.05, 4.69) is 5.32 Å². The molecule has 0 unspecified atom stereocenters.